The quantitative estimate of drug-likeness (QED) is 0.339. The van der Waals surface area contributed by atoms with Crippen LogP contribution in [0.2, 0.25) is 0 Å². The summed E-state index contributed by atoms with van der Waals surface area (Å²) in [6.07, 6.45) is 0.954. The molecule has 0 saturated carbocycles. The van der Waals surface area contributed by atoms with Gasteiger partial charge in [-0.15, -0.1) is 0 Å². The van der Waals surface area contributed by atoms with E-state index in [4.69, 9.17) is 41.0 Å². The molecular weight excluding hydrogens is 300 g/mol. The molecule has 0 aromatic carbocycles. The molecule has 0 aliphatic rings. The Kier molecular flexibility index (Phi) is 8.32. The minimum Gasteiger partial charge on any atom is -0.481 e. The molecule has 0 rings (SSSR count). The van der Waals surface area contributed by atoms with Gasteiger partial charge in [-0.05, 0) is 38.3 Å². The Bertz CT molecular complexity index is 437. The Balaban J connectivity index is 5.19. The first kappa shape index (κ1) is 18.2. The van der Waals surface area contributed by atoms with Crippen molar-refractivity contribution in [2.45, 2.75) is 20.3 Å². The predicted molar refractivity (Wildman–Crippen MR) is 86.5 cm³/mol. The Labute approximate surface area is 128 Å². The highest BCUT2D eigenvalue weighted by molar-refractivity contribution is 7.80. The minimum atomic E-state index is -1.05. The van der Waals surface area contributed by atoms with E-state index in [1.54, 1.807) is 13.8 Å². The van der Waals surface area contributed by atoms with Crippen LogP contribution in [-0.2, 0) is 4.79 Å². The third-order valence-corrected chi connectivity index (χ3v) is 2.46. The summed E-state index contributed by atoms with van der Waals surface area (Å²) in [5.41, 5.74) is 11.1. The van der Waals surface area contributed by atoms with Gasteiger partial charge in [-0.3, -0.25) is 4.79 Å². The topological polar surface area (TPSA) is 121 Å². The van der Waals surface area contributed by atoms with E-state index in [0.29, 0.717) is 13.1 Å². The van der Waals surface area contributed by atoms with Gasteiger partial charge in [0.05, 0.1) is 18.3 Å². The molecule has 0 radical (unpaired) electrons. The zero-order valence-corrected chi connectivity index (χ0v) is 12.9. The first-order valence-electron chi connectivity index (χ1n) is 5.78. The lowest BCUT2D eigenvalue weighted by Crippen LogP contribution is -2.33. The number of hydrogen-bond donors (Lipinski definition) is 3. The van der Waals surface area contributed by atoms with Crippen molar-refractivity contribution in [3.8, 4) is 0 Å². The summed E-state index contributed by atoms with van der Waals surface area (Å²) in [5.74, 6) is -1.05. The second kappa shape index (κ2) is 9.15. The van der Waals surface area contributed by atoms with Crippen molar-refractivity contribution in [2.24, 2.45) is 21.7 Å². The molecule has 10 heteroatoms. The molecule has 0 amide bonds. The molecule has 0 spiro atoms. The van der Waals surface area contributed by atoms with Crippen molar-refractivity contribution in [3.63, 3.8) is 0 Å². The van der Waals surface area contributed by atoms with E-state index in [2.05, 4.69) is 10.2 Å². The van der Waals surface area contributed by atoms with Crippen molar-refractivity contribution in [2.75, 3.05) is 13.1 Å². The fraction of sp³-hybridized carbons (Fsp3) is 0.500. The molecule has 0 atom stereocenters. The standard InChI is InChI=1S/C10H18N6O2S2/c1-3-15(9(11)19)13-6-7(5-8(17)18)14-16(4-2)10(12)20/h6H,3-5H2,1-2H3,(H2,11,19)(H2,12,20)(H,17,18). The van der Waals surface area contributed by atoms with E-state index < -0.39 is 5.97 Å². The number of carbonyl (C=O) groups is 1. The molecule has 0 unspecified atom stereocenters. The summed E-state index contributed by atoms with van der Waals surface area (Å²) in [7, 11) is 0. The molecule has 8 nitrogen and oxygen atoms in total. The molecule has 5 N–H and O–H groups in total. The Morgan fingerprint density at radius 3 is 2.05 bits per heavy atom. The van der Waals surface area contributed by atoms with E-state index in [9.17, 15) is 4.79 Å². The van der Waals surface area contributed by atoms with Crippen LogP contribution in [0.25, 0.3) is 0 Å². The number of hydrogen-bond acceptors (Lipinski definition) is 5. The number of nitrogens with two attached hydrogens (primary N) is 2. The van der Waals surface area contributed by atoms with Crippen molar-refractivity contribution >= 4 is 52.6 Å². The summed E-state index contributed by atoms with van der Waals surface area (Å²) in [5, 5.41) is 19.6. The highest BCUT2D eigenvalue weighted by Crippen LogP contribution is 1.95. The van der Waals surface area contributed by atoms with Crippen LogP contribution in [0, 0.1) is 0 Å². The van der Waals surface area contributed by atoms with Gasteiger partial charge in [0.25, 0.3) is 0 Å². The second-order valence-electron chi connectivity index (χ2n) is 3.51. The van der Waals surface area contributed by atoms with Gasteiger partial charge in [-0.25, -0.2) is 10.0 Å². The number of carboxylic acids is 1. The maximum absolute atomic E-state index is 10.8. The second-order valence-corrected chi connectivity index (χ2v) is 4.35. The van der Waals surface area contributed by atoms with Crippen LogP contribution in [0.4, 0.5) is 0 Å². The van der Waals surface area contributed by atoms with Gasteiger partial charge in [0.1, 0.15) is 0 Å². The van der Waals surface area contributed by atoms with Gasteiger partial charge < -0.3 is 16.6 Å². The number of thiocarbonyl (C=S) groups is 2. The van der Waals surface area contributed by atoms with Crippen LogP contribution in [-0.4, -0.2) is 56.3 Å². The zero-order chi connectivity index (χ0) is 15.7. The Hall–Kier alpha value is -1.81. The summed E-state index contributed by atoms with van der Waals surface area (Å²) in [6.45, 7) is 4.46. The maximum atomic E-state index is 10.8. The van der Waals surface area contributed by atoms with E-state index in [0.717, 1.165) is 0 Å². The van der Waals surface area contributed by atoms with Gasteiger partial charge in [-0.1, -0.05) is 0 Å². The van der Waals surface area contributed by atoms with Crippen LogP contribution in [0.1, 0.15) is 20.3 Å². The fourth-order valence-corrected chi connectivity index (χ4v) is 1.47. The largest absolute Gasteiger partial charge is 0.481 e. The molecule has 0 saturated heterocycles. The average Bonchev–Trinajstić information content (AvgIpc) is 2.34. The third-order valence-electron chi connectivity index (χ3n) is 2.04. The summed E-state index contributed by atoms with van der Waals surface area (Å²) < 4.78 is 0. The molecule has 0 aliphatic carbocycles. The summed E-state index contributed by atoms with van der Waals surface area (Å²) in [4.78, 5) is 10.8. The molecule has 112 valence electrons. The highest BCUT2D eigenvalue weighted by atomic mass is 32.1. The maximum Gasteiger partial charge on any atom is 0.309 e. The highest BCUT2D eigenvalue weighted by Gasteiger charge is 2.09. The number of rotatable bonds is 7. The number of hydrazone groups is 2. The SMILES string of the molecule is CCN(N=CC(CC(=O)O)=NN(CC)C(N)=S)C(N)=S. The Morgan fingerprint density at radius 2 is 1.70 bits per heavy atom. The smallest absolute Gasteiger partial charge is 0.309 e. The summed E-state index contributed by atoms with van der Waals surface area (Å²) in [6, 6.07) is 0. The van der Waals surface area contributed by atoms with Crippen LogP contribution in [0.15, 0.2) is 10.2 Å². The molecule has 20 heavy (non-hydrogen) atoms. The zero-order valence-electron chi connectivity index (χ0n) is 11.3. The van der Waals surface area contributed by atoms with Crippen LogP contribution >= 0.6 is 24.4 Å². The van der Waals surface area contributed by atoms with Crippen molar-refractivity contribution < 1.29 is 9.90 Å². The third kappa shape index (κ3) is 6.95. The van der Waals surface area contributed by atoms with Crippen LogP contribution in [0.3, 0.4) is 0 Å². The normalized spacial score (nSPS) is 11.4. The number of carboxylic acid groups (broad SMARTS) is 1. The van der Waals surface area contributed by atoms with E-state index >= 15 is 0 Å². The number of nitrogens with zero attached hydrogens (tertiary/aromatic N) is 4. The molecule has 0 fully saturated rings. The van der Waals surface area contributed by atoms with Crippen molar-refractivity contribution in [1.82, 2.24) is 10.0 Å². The number of aliphatic carboxylic acids is 1. The van der Waals surface area contributed by atoms with Crippen molar-refractivity contribution in [3.05, 3.63) is 0 Å². The molecule has 0 aliphatic heterocycles. The van der Waals surface area contributed by atoms with Gasteiger partial charge >= 0.3 is 5.97 Å². The van der Waals surface area contributed by atoms with Crippen LogP contribution in [0.5, 0.6) is 0 Å². The molecule has 0 heterocycles. The van der Waals surface area contributed by atoms with Crippen molar-refractivity contribution in [1.29, 1.82) is 0 Å². The molecular formula is C10H18N6O2S2. The average molecular weight is 318 g/mol. The molecule has 0 aromatic heterocycles. The monoisotopic (exact) mass is 318 g/mol. The van der Waals surface area contributed by atoms with Gasteiger partial charge in [-0.2, -0.15) is 10.2 Å². The molecule has 0 aromatic rings. The first-order valence-corrected chi connectivity index (χ1v) is 6.60. The van der Waals surface area contributed by atoms with Gasteiger partial charge in [0, 0.05) is 13.1 Å². The molecule has 0 bridgehead atoms. The summed E-state index contributed by atoms with van der Waals surface area (Å²) >= 11 is 9.59. The Morgan fingerprint density at radius 1 is 1.20 bits per heavy atom. The van der Waals surface area contributed by atoms with E-state index in [-0.39, 0.29) is 22.4 Å². The van der Waals surface area contributed by atoms with E-state index in [1.807, 2.05) is 0 Å². The van der Waals surface area contributed by atoms with Gasteiger partial charge in [0.15, 0.2) is 10.2 Å². The lowest BCUT2D eigenvalue weighted by atomic mass is 10.3. The predicted octanol–water partition coefficient (Wildman–Crippen LogP) is -0.0661. The van der Waals surface area contributed by atoms with Gasteiger partial charge in [0.2, 0.25) is 0 Å². The van der Waals surface area contributed by atoms with E-state index in [1.165, 1.54) is 16.2 Å². The minimum absolute atomic E-state index is 0.0467. The van der Waals surface area contributed by atoms with Crippen LogP contribution < -0.4 is 11.5 Å². The first-order chi connectivity index (χ1) is 9.31. The lowest BCUT2D eigenvalue weighted by molar-refractivity contribution is -0.135. The fourth-order valence-electron chi connectivity index (χ4n) is 1.12. The lowest BCUT2D eigenvalue weighted by Gasteiger charge is -2.16.